The van der Waals surface area contributed by atoms with Crippen LogP contribution in [-0.4, -0.2) is 42.3 Å². The number of aliphatic carboxylic acids is 1. The first-order valence-corrected chi connectivity index (χ1v) is 11.5. The molecule has 0 spiro atoms. The summed E-state index contributed by atoms with van der Waals surface area (Å²) in [6, 6.07) is 15.9. The van der Waals surface area contributed by atoms with Gasteiger partial charge in [-0.15, -0.1) is 0 Å². The summed E-state index contributed by atoms with van der Waals surface area (Å²) >= 11 is 0. The van der Waals surface area contributed by atoms with Gasteiger partial charge in [0, 0.05) is 24.4 Å². The molecule has 0 bridgehead atoms. The van der Waals surface area contributed by atoms with Crippen molar-refractivity contribution in [1.29, 1.82) is 0 Å². The van der Waals surface area contributed by atoms with Crippen molar-refractivity contribution in [3.8, 4) is 11.1 Å². The number of alkyl carbamates (subject to hydrolysis) is 1. The number of carbonyl (C=O) groups excluding carboxylic acids is 2. The van der Waals surface area contributed by atoms with Gasteiger partial charge in [-0.2, -0.15) is 0 Å². The van der Waals surface area contributed by atoms with Gasteiger partial charge in [-0.25, -0.2) is 4.79 Å². The molecule has 3 N–H and O–H groups in total. The molecular formula is C26H30N2O5. The van der Waals surface area contributed by atoms with Crippen LogP contribution in [0, 0.1) is 17.8 Å². The Bertz CT molecular complexity index is 1000. The largest absolute Gasteiger partial charge is 0.481 e. The van der Waals surface area contributed by atoms with Crippen molar-refractivity contribution >= 4 is 18.0 Å². The number of carboxylic acid groups (broad SMARTS) is 1. The number of hydrogen-bond donors (Lipinski definition) is 3. The van der Waals surface area contributed by atoms with Gasteiger partial charge in [-0.1, -0.05) is 62.4 Å². The Labute approximate surface area is 193 Å². The maximum Gasteiger partial charge on any atom is 0.407 e. The second-order valence-corrected chi connectivity index (χ2v) is 9.27. The molecule has 0 unspecified atom stereocenters. The number of fused-ring (bicyclic) bond motifs is 3. The Hall–Kier alpha value is -3.35. The van der Waals surface area contributed by atoms with Gasteiger partial charge in [0.15, 0.2) is 0 Å². The molecule has 1 fully saturated rings. The fourth-order valence-corrected chi connectivity index (χ4v) is 4.59. The fourth-order valence-electron chi connectivity index (χ4n) is 4.59. The highest BCUT2D eigenvalue weighted by molar-refractivity contribution is 5.83. The lowest BCUT2D eigenvalue weighted by molar-refractivity contribution is -0.138. The number of rotatable bonds is 9. The van der Waals surface area contributed by atoms with Crippen LogP contribution in [0.5, 0.6) is 0 Å². The highest BCUT2D eigenvalue weighted by Gasteiger charge is 2.43. The third-order valence-corrected chi connectivity index (χ3v) is 6.64. The zero-order chi connectivity index (χ0) is 23.5. The van der Waals surface area contributed by atoms with E-state index >= 15 is 0 Å². The predicted molar refractivity (Wildman–Crippen MR) is 124 cm³/mol. The van der Waals surface area contributed by atoms with E-state index in [1.165, 1.54) is 11.1 Å². The Morgan fingerprint density at radius 1 is 1.03 bits per heavy atom. The van der Waals surface area contributed by atoms with E-state index in [0.29, 0.717) is 13.0 Å². The first-order chi connectivity index (χ1) is 15.8. The van der Waals surface area contributed by atoms with Crippen LogP contribution in [0.3, 0.4) is 0 Å². The van der Waals surface area contributed by atoms with Crippen LogP contribution in [-0.2, 0) is 14.3 Å². The molecule has 174 valence electrons. The lowest BCUT2D eigenvalue weighted by Gasteiger charge is -2.20. The molecule has 2 amide bonds. The first kappa shape index (κ1) is 22.8. The molecule has 3 atom stereocenters. The summed E-state index contributed by atoms with van der Waals surface area (Å²) in [5.41, 5.74) is 4.67. The molecule has 2 aromatic rings. The van der Waals surface area contributed by atoms with E-state index in [1.807, 2.05) is 38.1 Å². The third-order valence-electron chi connectivity index (χ3n) is 6.64. The van der Waals surface area contributed by atoms with Gasteiger partial charge in [-0.3, -0.25) is 9.59 Å². The highest BCUT2D eigenvalue weighted by atomic mass is 16.5. The number of hydrogen-bond acceptors (Lipinski definition) is 4. The molecule has 2 aromatic carbocycles. The smallest absolute Gasteiger partial charge is 0.407 e. The van der Waals surface area contributed by atoms with E-state index in [-0.39, 0.29) is 42.6 Å². The third kappa shape index (κ3) is 5.18. The molecule has 33 heavy (non-hydrogen) atoms. The van der Waals surface area contributed by atoms with Crippen LogP contribution >= 0.6 is 0 Å². The second kappa shape index (κ2) is 9.65. The molecule has 7 heteroatoms. The Kier molecular flexibility index (Phi) is 6.67. The quantitative estimate of drug-likeness (QED) is 0.539. The average molecular weight is 451 g/mol. The highest BCUT2D eigenvalue weighted by Crippen LogP contribution is 2.44. The van der Waals surface area contributed by atoms with Crippen LogP contribution in [0.15, 0.2) is 48.5 Å². The van der Waals surface area contributed by atoms with Gasteiger partial charge in [0.05, 0.1) is 6.42 Å². The Morgan fingerprint density at radius 2 is 1.64 bits per heavy atom. The van der Waals surface area contributed by atoms with Crippen molar-refractivity contribution in [1.82, 2.24) is 10.6 Å². The molecule has 2 aliphatic carbocycles. The Balaban J connectivity index is 1.24. The van der Waals surface area contributed by atoms with E-state index in [0.717, 1.165) is 11.1 Å². The van der Waals surface area contributed by atoms with Crippen molar-refractivity contribution in [3.63, 3.8) is 0 Å². The standard InChI is InChI=1S/C26H30N2O5/c1-15(2)23(12-24(29)30)28-25(31)21-11-16(21)13-27-26(32)33-14-22-19-9-5-3-7-17(19)18-8-4-6-10-20(18)22/h3-10,15-16,21-23H,11-14H2,1-2H3,(H,27,32)(H,28,31)(H,29,30)/t16-,21-,23+/m0/s1. The maximum atomic E-state index is 12.4. The van der Waals surface area contributed by atoms with E-state index in [2.05, 4.69) is 34.9 Å². The number of carboxylic acids is 1. The molecule has 0 aliphatic heterocycles. The van der Waals surface area contributed by atoms with Crippen LogP contribution in [0.1, 0.15) is 43.7 Å². The number of benzene rings is 2. The lowest BCUT2D eigenvalue weighted by Crippen LogP contribution is -2.41. The predicted octanol–water partition coefficient (Wildman–Crippen LogP) is 3.78. The normalized spacial score (nSPS) is 19.4. The zero-order valence-corrected chi connectivity index (χ0v) is 18.9. The van der Waals surface area contributed by atoms with Crippen LogP contribution in [0.2, 0.25) is 0 Å². The molecule has 0 saturated heterocycles. The van der Waals surface area contributed by atoms with Gasteiger partial charge in [0.1, 0.15) is 6.61 Å². The minimum atomic E-state index is -0.932. The minimum absolute atomic E-state index is 0.00445. The second-order valence-electron chi connectivity index (χ2n) is 9.27. The van der Waals surface area contributed by atoms with E-state index in [1.54, 1.807) is 0 Å². The molecule has 7 nitrogen and oxygen atoms in total. The SMILES string of the molecule is CC(C)[C@@H](CC(=O)O)NC(=O)[C@H]1C[C@H]1CNC(=O)OCC1c2ccccc2-c2ccccc21. The number of carbonyl (C=O) groups is 3. The molecular weight excluding hydrogens is 420 g/mol. The topological polar surface area (TPSA) is 105 Å². The maximum absolute atomic E-state index is 12.4. The summed E-state index contributed by atoms with van der Waals surface area (Å²) in [7, 11) is 0. The molecule has 2 aliphatic rings. The number of ether oxygens (including phenoxy) is 1. The molecule has 0 heterocycles. The summed E-state index contributed by atoms with van der Waals surface area (Å²) < 4.78 is 5.54. The van der Waals surface area contributed by atoms with Crippen molar-refractivity contribution in [3.05, 3.63) is 59.7 Å². The van der Waals surface area contributed by atoms with Gasteiger partial charge in [0.2, 0.25) is 5.91 Å². The van der Waals surface area contributed by atoms with Crippen molar-refractivity contribution in [2.24, 2.45) is 17.8 Å². The van der Waals surface area contributed by atoms with Crippen molar-refractivity contribution in [2.75, 3.05) is 13.2 Å². The molecule has 1 saturated carbocycles. The number of amides is 2. The van der Waals surface area contributed by atoms with Gasteiger partial charge in [0.25, 0.3) is 0 Å². The van der Waals surface area contributed by atoms with Gasteiger partial charge < -0.3 is 20.5 Å². The van der Waals surface area contributed by atoms with Gasteiger partial charge >= 0.3 is 12.1 Å². The summed E-state index contributed by atoms with van der Waals surface area (Å²) in [5.74, 6) is -1.20. The van der Waals surface area contributed by atoms with Crippen LogP contribution < -0.4 is 10.6 Å². The monoisotopic (exact) mass is 450 g/mol. The Morgan fingerprint density at radius 3 is 2.21 bits per heavy atom. The van der Waals surface area contributed by atoms with Crippen LogP contribution in [0.25, 0.3) is 11.1 Å². The number of nitrogens with one attached hydrogen (secondary N) is 2. The summed E-state index contributed by atoms with van der Waals surface area (Å²) in [6.07, 6.45) is 0.0838. The fraction of sp³-hybridized carbons (Fsp3) is 0.423. The van der Waals surface area contributed by atoms with Crippen LogP contribution in [0.4, 0.5) is 4.79 Å². The molecule has 4 rings (SSSR count). The average Bonchev–Trinajstić information content (AvgIpc) is 3.51. The first-order valence-electron chi connectivity index (χ1n) is 11.5. The van der Waals surface area contributed by atoms with Gasteiger partial charge in [-0.05, 0) is 40.5 Å². The lowest BCUT2D eigenvalue weighted by atomic mass is 9.98. The van der Waals surface area contributed by atoms with Crippen molar-refractivity contribution in [2.45, 2.75) is 38.6 Å². The van der Waals surface area contributed by atoms with E-state index < -0.39 is 18.1 Å². The molecule has 0 aromatic heterocycles. The summed E-state index contributed by atoms with van der Waals surface area (Å²) in [5, 5.41) is 14.6. The molecule has 0 radical (unpaired) electrons. The van der Waals surface area contributed by atoms with E-state index in [4.69, 9.17) is 9.84 Å². The van der Waals surface area contributed by atoms with E-state index in [9.17, 15) is 14.4 Å². The summed E-state index contributed by atoms with van der Waals surface area (Å²) in [4.78, 5) is 35.8. The van der Waals surface area contributed by atoms with Crippen molar-refractivity contribution < 1.29 is 24.2 Å². The summed E-state index contributed by atoms with van der Waals surface area (Å²) in [6.45, 7) is 4.38. The zero-order valence-electron chi connectivity index (χ0n) is 18.9. The minimum Gasteiger partial charge on any atom is -0.481 e.